The number of aryl methyl sites for hydroxylation is 1. The van der Waals surface area contributed by atoms with Crippen LogP contribution >= 0.6 is 0 Å². The van der Waals surface area contributed by atoms with Gasteiger partial charge in [0, 0.05) is 33.5 Å². The van der Waals surface area contributed by atoms with E-state index in [-0.39, 0.29) is 19.2 Å². The molecule has 2 rings (SSSR count). The van der Waals surface area contributed by atoms with E-state index < -0.39 is 17.9 Å². The molecule has 1 aromatic rings. The maximum atomic E-state index is 12.4. The van der Waals surface area contributed by atoms with Crippen molar-refractivity contribution in [3.63, 3.8) is 0 Å². The van der Waals surface area contributed by atoms with Crippen LogP contribution in [0.5, 0.6) is 0 Å². The van der Waals surface area contributed by atoms with Gasteiger partial charge in [0.15, 0.2) is 0 Å². The second kappa shape index (κ2) is 6.13. The predicted octanol–water partition coefficient (Wildman–Crippen LogP) is 0.00330. The van der Waals surface area contributed by atoms with Gasteiger partial charge in [-0.05, 0) is 0 Å². The van der Waals surface area contributed by atoms with E-state index in [0.717, 1.165) is 5.82 Å². The van der Waals surface area contributed by atoms with Crippen molar-refractivity contribution in [2.24, 2.45) is 13.0 Å². The van der Waals surface area contributed by atoms with Crippen molar-refractivity contribution in [2.45, 2.75) is 12.6 Å². The van der Waals surface area contributed by atoms with Crippen molar-refractivity contribution in [1.29, 1.82) is 0 Å². The first-order chi connectivity index (χ1) is 9.91. The Morgan fingerprint density at radius 1 is 1.48 bits per heavy atom. The number of likely N-dealkylation sites (N-methyl/N-ethyl adjacent to an activating group) is 1. The fourth-order valence-corrected chi connectivity index (χ4v) is 2.40. The van der Waals surface area contributed by atoms with Crippen LogP contribution in [0.2, 0.25) is 0 Å². The van der Waals surface area contributed by atoms with Crippen LogP contribution in [0.4, 0.5) is 4.79 Å². The number of rotatable bonds is 4. The summed E-state index contributed by atoms with van der Waals surface area (Å²) < 4.78 is 7.03. The molecule has 1 aliphatic rings. The van der Waals surface area contributed by atoms with Gasteiger partial charge >= 0.3 is 12.0 Å². The Labute approximate surface area is 122 Å². The van der Waals surface area contributed by atoms with E-state index in [9.17, 15) is 9.59 Å². The van der Waals surface area contributed by atoms with E-state index in [0.29, 0.717) is 6.54 Å². The van der Waals surface area contributed by atoms with Crippen LogP contribution in [-0.2, 0) is 23.1 Å². The molecular weight excluding hydrogens is 276 g/mol. The lowest BCUT2D eigenvalue weighted by atomic mass is 10.0. The summed E-state index contributed by atoms with van der Waals surface area (Å²) in [5, 5.41) is 9.15. The molecule has 0 spiro atoms. The highest BCUT2D eigenvalue weighted by Gasteiger charge is 2.39. The first kappa shape index (κ1) is 15.3. The number of aliphatic carboxylic acids is 1. The lowest BCUT2D eigenvalue weighted by Crippen LogP contribution is -2.48. The van der Waals surface area contributed by atoms with Crippen LogP contribution in [0.3, 0.4) is 0 Å². The molecule has 1 aliphatic heterocycles. The van der Waals surface area contributed by atoms with E-state index in [4.69, 9.17) is 9.84 Å². The molecule has 2 heterocycles. The average Bonchev–Trinajstić information content (AvgIpc) is 3.06. The summed E-state index contributed by atoms with van der Waals surface area (Å²) in [5.74, 6) is -0.860. The normalized spacial score (nSPS) is 21.3. The smallest absolute Gasteiger partial charge is 0.320 e. The molecule has 8 nitrogen and oxygen atoms in total. The third-order valence-corrected chi connectivity index (χ3v) is 3.79. The molecule has 1 saturated heterocycles. The fraction of sp³-hybridized carbons (Fsp3) is 0.615. The summed E-state index contributed by atoms with van der Waals surface area (Å²) in [6.07, 6.45) is 3.48. The quantitative estimate of drug-likeness (QED) is 0.845. The number of aromatic nitrogens is 2. The number of ether oxygens (including phenoxy) is 1. The molecular formula is C13H20N4O4. The van der Waals surface area contributed by atoms with Gasteiger partial charge in [-0.2, -0.15) is 0 Å². The molecule has 2 amide bonds. The van der Waals surface area contributed by atoms with Crippen LogP contribution in [0.1, 0.15) is 5.82 Å². The molecule has 0 saturated carbocycles. The van der Waals surface area contributed by atoms with E-state index in [1.165, 1.54) is 9.80 Å². The van der Waals surface area contributed by atoms with Crippen LogP contribution in [0.15, 0.2) is 12.4 Å². The molecule has 2 unspecified atom stereocenters. The molecule has 0 aromatic carbocycles. The molecule has 21 heavy (non-hydrogen) atoms. The fourth-order valence-electron chi connectivity index (χ4n) is 2.40. The maximum Gasteiger partial charge on any atom is 0.320 e. The topological polar surface area (TPSA) is 87.9 Å². The minimum Gasteiger partial charge on any atom is -0.481 e. The number of hydrogen-bond acceptors (Lipinski definition) is 4. The van der Waals surface area contributed by atoms with E-state index in [1.54, 1.807) is 20.3 Å². The van der Waals surface area contributed by atoms with Crippen LogP contribution in [0, 0.1) is 5.92 Å². The number of carbonyl (C=O) groups is 2. The Morgan fingerprint density at radius 2 is 2.19 bits per heavy atom. The van der Waals surface area contributed by atoms with Crippen molar-refractivity contribution in [2.75, 3.05) is 27.3 Å². The number of amides is 2. The molecule has 1 aromatic heterocycles. The van der Waals surface area contributed by atoms with Crippen molar-refractivity contribution < 1.29 is 19.4 Å². The summed E-state index contributed by atoms with van der Waals surface area (Å²) in [6.45, 7) is 0.744. The Hall–Kier alpha value is -2.09. The Morgan fingerprint density at radius 3 is 2.76 bits per heavy atom. The van der Waals surface area contributed by atoms with Crippen molar-refractivity contribution in [3.05, 3.63) is 18.2 Å². The Bertz CT molecular complexity index is 530. The van der Waals surface area contributed by atoms with Crippen molar-refractivity contribution >= 4 is 12.0 Å². The number of hydrogen-bond donors (Lipinski definition) is 1. The summed E-state index contributed by atoms with van der Waals surface area (Å²) in [4.78, 5) is 30.7. The first-order valence-corrected chi connectivity index (χ1v) is 6.66. The summed E-state index contributed by atoms with van der Waals surface area (Å²) in [6, 6.07) is -0.696. The first-order valence-electron chi connectivity index (χ1n) is 6.66. The van der Waals surface area contributed by atoms with Crippen molar-refractivity contribution in [1.82, 2.24) is 19.4 Å². The van der Waals surface area contributed by atoms with E-state index in [1.807, 2.05) is 17.8 Å². The van der Waals surface area contributed by atoms with Gasteiger partial charge in [0.25, 0.3) is 0 Å². The van der Waals surface area contributed by atoms with E-state index in [2.05, 4.69) is 4.98 Å². The Kier molecular flexibility index (Phi) is 4.46. The number of carboxylic acids is 1. The SMILES string of the molecule is CN(Cc1nccn1C)C(=O)N(C)C1COCC1C(=O)O. The third-order valence-electron chi connectivity index (χ3n) is 3.79. The largest absolute Gasteiger partial charge is 0.481 e. The number of nitrogens with zero attached hydrogens (tertiary/aromatic N) is 4. The number of urea groups is 1. The molecule has 2 atom stereocenters. The minimum atomic E-state index is -0.941. The second-order valence-electron chi connectivity index (χ2n) is 5.25. The number of carbonyl (C=O) groups excluding carboxylic acids is 1. The second-order valence-corrected chi connectivity index (χ2v) is 5.25. The lowest BCUT2D eigenvalue weighted by Gasteiger charge is -2.30. The van der Waals surface area contributed by atoms with Crippen LogP contribution in [-0.4, -0.2) is 69.8 Å². The minimum absolute atomic E-state index is 0.140. The zero-order chi connectivity index (χ0) is 15.6. The van der Waals surface area contributed by atoms with Gasteiger partial charge in [-0.25, -0.2) is 9.78 Å². The lowest BCUT2D eigenvalue weighted by molar-refractivity contribution is -0.142. The molecule has 0 radical (unpaired) electrons. The summed E-state index contributed by atoms with van der Waals surface area (Å²) >= 11 is 0. The standard InChI is InChI=1S/C13H20N4O4/c1-15-5-4-14-11(15)6-16(2)13(20)17(3)10-8-21-7-9(10)12(18)19/h4-5,9-10H,6-8H2,1-3H3,(H,18,19). The molecule has 1 N–H and O–H groups in total. The predicted molar refractivity (Wildman–Crippen MR) is 73.6 cm³/mol. The molecule has 116 valence electrons. The van der Waals surface area contributed by atoms with Crippen LogP contribution < -0.4 is 0 Å². The zero-order valence-corrected chi connectivity index (χ0v) is 12.4. The zero-order valence-electron chi connectivity index (χ0n) is 12.4. The highest BCUT2D eigenvalue weighted by Crippen LogP contribution is 2.20. The van der Waals surface area contributed by atoms with Gasteiger partial charge in [-0.1, -0.05) is 0 Å². The monoisotopic (exact) mass is 296 g/mol. The molecule has 8 heteroatoms. The van der Waals surface area contributed by atoms with Gasteiger partial charge in [-0.15, -0.1) is 0 Å². The van der Waals surface area contributed by atoms with E-state index >= 15 is 0 Å². The van der Waals surface area contributed by atoms with Crippen LogP contribution in [0.25, 0.3) is 0 Å². The highest BCUT2D eigenvalue weighted by atomic mass is 16.5. The summed E-state index contributed by atoms with van der Waals surface area (Å²) in [5.41, 5.74) is 0. The van der Waals surface area contributed by atoms with Gasteiger partial charge in [0.05, 0.1) is 25.8 Å². The summed E-state index contributed by atoms with van der Waals surface area (Å²) in [7, 11) is 5.13. The number of imidazole rings is 1. The van der Waals surface area contributed by atoms with Gasteiger partial charge in [0.2, 0.25) is 0 Å². The third kappa shape index (κ3) is 3.15. The average molecular weight is 296 g/mol. The van der Waals surface area contributed by atoms with Gasteiger partial charge in [0.1, 0.15) is 11.7 Å². The highest BCUT2D eigenvalue weighted by molar-refractivity contribution is 5.77. The number of carboxylic acid groups (broad SMARTS) is 1. The molecule has 0 aliphatic carbocycles. The Balaban J connectivity index is 2.01. The maximum absolute atomic E-state index is 12.4. The van der Waals surface area contributed by atoms with Gasteiger partial charge in [-0.3, -0.25) is 4.79 Å². The molecule has 1 fully saturated rings. The molecule has 0 bridgehead atoms. The van der Waals surface area contributed by atoms with Crippen molar-refractivity contribution in [3.8, 4) is 0 Å². The van der Waals surface area contributed by atoms with Gasteiger partial charge < -0.3 is 24.2 Å².